The van der Waals surface area contributed by atoms with Crippen LogP contribution in [-0.4, -0.2) is 31.2 Å². The van der Waals surface area contributed by atoms with E-state index in [1.807, 2.05) is 6.20 Å². The van der Waals surface area contributed by atoms with Gasteiger partial charge in [0.2, 0.25) is 0 Å². The predicted octanol–water partition coefficient (Wildman–Crippen LogP) is 1.89. The molecule has 2 rings (SSSR count). The average Bonchev–Trinajstić information content (AvgIpc) is 2.37. The number of piperazine rings is 1. The van der Waals surface area contributed by atoms with Gasteiger partial charge in [-0.05, 0) is 32.9 Å². The molecule has 0 aliphatic carbocycles. The van der Waals surface area contributed by atoms with E-state index in [-0.39, 0.29) is 5.41 Å². The minimum Gasteiger partial charge on any atom is -0.354 e. The molecule has 3 heteroatoms. The second-order valence-corrected chi connectivity index (χ2v) is 5.64. The van der Waals surface area contributed by atoms with E-state index < -0.39 is 0 Å². The monoisotopic (exact) mass is 243 g/mol. The Morgan fingerprint density at radius 3 is 2.50 bits per heavy atom. The van der Waals surface area contributed by atoms with Crippen LogP contribution in [0.3, 0.4) is 0 Å². The highest BCUT2D eigenvalue weighted by Gasteiger charge is 2.10. The standard InChI is InChI=1S/C15H21N3/c1-15(2,3)7-6-13-4-5-14(17-12-13)18-10-8-16-9-11-18/h4-5,12,16H,8-11H2,1-3H3. The fourth-order valence-electron chi connectivity index (χ4n) is 1.80. The number of rotatable bonds is 1. The van der Waals surface area contributed by atoms with Gasteiger partial charge in [0.25, 0.3) is 0 Å². The van der Waals surface area contributed by atoms with E-state index in [4.69, 9.17) is 0 Å². The Balaban J connectivity index is 2.07. The van der Waals surface area contributed by atoms with Gasteiger partial charge in [-0.25, -0.2) is 4.98 Å². The van der Waals surface area contributed by atoms with Crippen molar-refractivity contribution >= 4 is 5.82 Å². The summed E-state index contributed by atoms with van der Waals surface area (Å²) in [5, 5.41) is 3.34. The number of aromatic nitrogens is 1. The van der Waals surface area contributed by atoms with Gasteiger partial charge in [-0.15, -0.1) is 0 Å². The summed E-state index contributed by atoms with van der Waals surface area (Å²) in [6, 6.07) is 4.13. The third-order valence-electron chi connectivity index (χ3n) is 2.77. The Morgan fingerprint density at radius 2 is 1.94 bits per heavy atom. The molecule has 1 aromatic heterocycles. The lowest BCUT2D eigenvalue weighted by Gasteiger charge is -2.28. The molecular formula is C15H21N3. The molecule has 0 bridgehead atoms. The maximum atomic E-state index is 4.50. The molecule has 0 unspecified atom stereocenters. The lowest BCUT2D eigenvalue weighted by Crippen LogP contribution is -2.43. The van der Waals surface area contributed by atoms with Crippen molar-refractivity contribution in [1.82, 2.24) is 10.3 Å². The van der Waals surface area contributed by atoms with E-state index >= 15 is 0 Å². The van der Waals surface area contributed by atoms with Gasteiger partial charge in [-0.2, -0.15) is 0 Å². The summed E-state index contributed by atoms with van der Waals surface area (Å²) in [5.74, 6) is 7.45. The second kappa shape index (κ2) is 5.41. The lowest BCUT2D eigenvalue weighted by atomic mass is 9.97. The average molecular weight is 243 g/mol. The molecule has 0 aromatic carbocycles. The van der Waals surface area contributed by atoms with E-state index in [2.05, 4.69) is 59.9 Å². The summed E-state index contributed by atoms with van der Waals surface area (Å²) in [4.78, 5) is 6.80. The molecular weight excluding hydrogens is 222 g/mol. The zero-order valence-electron chi connectivity index (χ0n) is 11.5. The normalized spacial score (nSPS) is 16.1. The van der Waals surface area contributed by atoms with Crippen LogP contribution in [0.4, 0.5) is 5.82 Å². The summed E-state index contributed by atoms with van der Waals surface area (Å²) in [6.07, 6.45) is 1.87. The van der Waals surface area contributed by atoms with E-state index in [9.17, 15) is 0 Å². The molecule has 1 saturated heterocycles. The highest BCUT2D eigenvalue weighted by atomic mass is 15.2. The Bertz CT molecular complexity index is 439. The van der Waals surface area contributed by atoms with Crippen molar-refractivity contribution in [3.05, 3.63) is 23.9 Å². The Hall–Kier alpha value is -1.53. The van der Waals surface area contributed by atoms with Crippen LogP contribution in [0.25, 0.3) is 0 Å². The van der Waals surface area contributed by atoms with Crippen molar-refractivity contribution < 1.29 is 0 Å². The van der Waals surface area contributed by atoms with Crippen LogP contribution in [0.1, 0.15) is 26.3 Å². The maximum absolute atomic E-state index is 4.50. The van der Waals surface area contributed by atoms with Crippen LogP contribution in [0.2, 0.25) is 0 Å². The topological polar surface area (TPSA) is 28.2 Å². The highest BCUT2D eigenvalue weighted by molar-refractivity contribution is 5.44. The third kappa shape index (κ3) is 3.75. The van der Waals surface area contributed by atoms with Gasteiger partial charge in [0, 0.05) is 43.4 Å². The SMILES string of the molecule is CC(C)(C)C#Cc1ccc(N2CCNCC2)nc1. The number of hydrogen-bond acceptors (Lipinski definition) is 3. The van der Waals surface area contributed by atoms with Crippen molar-refractivity contribution in [2.24, 2.45) is 5.41 Å². The second-order valence-electron chi connectivity index (χ2n) is 5.64. The Labute approximate surface area is 110 Å². The van der Waals surface area contributed by atoms with E-state index in [1.54, 1.807) is 0 Å². The molecule has 1 aliphatic heterocycles. The van der Waals surface area contributed by atoms with Crippen molar-refractivity contribution in [2.45, 2.75) is 20.8 Å². The van der Waals surface area contributed by atoms with Crippen molar-refractivity contribution in [3.63, 3.8) is 0 Å². The van der Waals surface area contributed by atoms with Gasteiger partial charge in [0.05, 0.1) is 0 Å². The predicted molar refractivity (Wildman–Crippen MR) is 75.7 cm³/mol. The van der Waals surface area contributed by atoms with Gasteiger partial charge in [-0.3, -0.25) is 0 Å². The van der Waals surface area contributed by atoms with Crippen LogP contribution < -0.4 is 10.2 Å². The number of nitrogens with one attached hydrogen (secondary N) is 1. The molecule has 1 fully saturated rings. The number of pyridine rings is 1. The minimum absolute atomic E-state index is 0.0389. The fraction of sp³-hybridized carbons (Fsp3) is 0.533. The first kappa shape index (κ1) is 12.9. The van der Waals surface area contributed by atoms with E-state index in [0.717, 1.165) is 37.6 Å². The highest BCUT2D eigenvalue weighted by Crippen LogP contribution is 2.13. The largest absolute Gasteiger partial charge is 0.354 e. The molecule has 0 radical (unpaired) electrons. The zero-order chi connectivity index (χ0) is 13.0. The summed E-state index contributed by atoms with van der Waals surface area (Å²) >= 11 is 0. The fourth-order valence-corrected chi connectivity index (χ4v) is 1.80. The van der Waals surface area contributed by atoms with E-state index in [1.165, 1.54) is 0 Å². The molecule has 3 nitrogen and oxygen atoms in total. The van der Waals surface area contributed by atoms with Gasteiger partial charge >= 0.3 is 0 Å². The van der Waals surface area contributed by atoms with Crippen LogP contribution in [-0.2, 0) is 0 Å². The lowest BCUT2D eigenvalue weighted by molar-refractivity contribution is 0.571. The van der Waals surface area contributed by atoms with Crippen molar-refractivity contribution in [2.75, 3.05) is 31.1 Å². The van der Waals surface area contributed by atoms with Gasteiger partial charge in [0.1, 0.15) is 5.82 Å². The third-order valence-corrected chi connectivity index (χ3v) is 2.77. The minimum atomic E-state index is 0.0389. The molecule has 0 amide bonds. The number of nitrogens with zero attached hydrogens (tertiary/aromatic N) is 2. The first-order chi connectivity index (χ1) is 8.54. The first-order valence-electron chi connectivity index (χ1n) is 6.49. The molecule has 18 heavy (non-hydrogen) atoms. The van der Waals surface area contributed by atoms with Crippen molar-refractivity contribution in [1.29, 1.82) is 0 Å². The molecule has 2 heterocycles. The van der Waals surface area contributed by atoms with Crippen LogP contribution in [0, 0.1) is 17.3 Å². The summed E-state index contributed by atoms with van der Waals surface area (Å²) in [7, 11) is 0. The smallest absolute Gasteiger partial charge is 0.128 e. The summed E-state index contributed by atoms with van der Waals surface area (Å²) in [6.45, 7) is 10.5. The zero-order valence-corrected chi connectivity index (χ0v) is 11.5. The van der Waals surface area contributed by atoms with Gasteiger partial charge in [-0.1, -0.05) is 11.8 Å². The van der Waals surface area contributed by atoms with Crippen LogP contribution >= 0.6 is 0 Å². The molecule has 0 saturated carbocycles. The number of anilines is 1. The first-order valence-corrected chi connectivity index (χ1v) is 6.49. The molecule has 0 spiro atoms. The summed E-state index contributed by atoms with van der Waals surface area (Å²) < 4.78 is 0. The summed E-state index contributed by atoms with van der Waals surface area (Å²) in [5.41, 5.74) is 1.03. The van der Waals surface area contributed by atoms with E-state index in [0.29, 0.717) is 0 Å². The van der Waals surface area contributed by atoms with Gasteiger partial charge in [0.15, 0.2) is 0 Å². The molecule has 0 atom stereocenters. The Morgan fingerprint density at radius 1 is 1.22 bits per heavy atom. The Kier molecular flexibility index (Phi) is 3.88. The molecule has 96 valence electrons. The number of hydrogen-bond donors (Lipinski definition) is 1. The molecule has 1 aromatic rings. The van der Waals surface area contributed by atoms with Crippen LogP contribution in [0.5, 0.6) is 0 Å². The quantitative estimate of drug-likeness (QED) is 0.763. The van der Waals surface area contributed by atoms with Crippen LogP contribution in [0.15, 0.2) is 18.3 Å². The van der Waals surface area contributed by atoms with Gasteiger partial charge < -0.3 is 10.2 Å². The molecule has 1 aliphatic rings. The molecule has 1 N–H and O–H groups in total. The maximum Gasteiger partial charge on any atom is 0.128 e. The van der Waals surface area contributed by atoms with Crippen molar-refractivity contribution in [3.8, 4) is 11.8 Å².